The Balaban J connectivity index is 1.72. The number of aliphatic hydroxyl groups excluding tert-OH is 3. The molecule has 1 fully saturated rings. The molecular weight excluding hydrogens is 507 g/mol. The highest BCUT2D eigenvalue weighted by Gasteiger charge is 2.47. The summed E-state index contributed by atoms with van der Waals surface area (Å²) >= 11 is 0. The van der Waals surface area contributed by atoms with Crippen LogP contribution in [0.15, 0.2) is 36.4 Å². The first kappa shape index (κ1) is 23.2. The number of nitrogens with one attached hydrogen (secondary N) is 2. The number of halogens is 3. The molecule has 5 atom stereocenters. The van der Waals surface area contributed by atoms with E-state index in [1.165, 1.54) is 28.8 Å². The predicted octanol–water partition coefficient (Wildman–Crippen LogP) is 2.54. The van der Waals surface area contributed by atoms with E-state index in [4.69, 9.17) is 4.74 Å². The Bertz CT molecular complexity index is 1860. The molecule has 4 heterocycles. The minimum atomic E-state index is -2.10. The summed E-state index contributed by atoms with van der Waals surface area (Å²) < 4.78 is 50.6. The second-order valence-corrected chi connectivity index (χ2v) is 9.53. The summed E-state index contributed by atoms with van der Waals surface area (Å²) in [4.78, 5) is 29.2. The van der Waals surface area contributed by atoms with E-state index >= 15 is 0 Å². The number of aromatic nitrogens is 2. The van der Waals surface area contributed by atoms with Gasteiger partial charge in [-0.15, -0.1) is 0 Å². The standard InChI is InChI=1S/C26H18F3N3O6/c27-8-1-3-12-10(5-8)15-17-18(25(37)31-24(17)36)16-11-6-9(28)2-4-13(11)32(21(16)20(15)30-12)26-23(35)22(34)19(29)14(7-33)38-26/h1-6,14,19,22-23,26,30,33-35H,7H2,(H,31,36,37)/t14-,19?,22+,23-,26-/m1/s1. The minimum Gasteiger partial charge on any atom is -0.394 e. The fourth-order valence-corrected chi connectivity index (χ4v) is 5.85. The van der Waals surface area contributed by atoms with E-state index in [0.29, 0.717) is 10.9 Å². The molecule has 0 bridgehead atoms. The second-order valence-electron chi connectivity index (χ2n) is 9.53. The SMILES string of the molecule is O=C1NC(=O)c2c1c1c3cc(F)ccc3[nH]c1c1c2c2cc(F)ccc2n1[C@@H]1O[C@H](CO)C(F)[C@H](O)[C@H]1O. The number of ether oxygens (including phenoxy) is 1. The summed E-state index contributed by atoms with van der Waals surface area (Å²) in [5.41, 5.74) is 0.969. The zero-order valence-electron chi connectivity index (χ0n) is 19.2. The molecule has 1 unspecified atom stereocenters. The van der Waals surface area contributed by atoms with Crippen molar-refractivity contribution in [3.05, 3.63) is 59.2 Å². The summed E-state index contributed by atoms with van der Waals surface area (Å²) in [5, 5.41) is 34.1. The quantitative estimate of drug-likeness (QED) is 0.225. The lowest BCUT2D eigenvalue weighted by Crippen LogP contribution is -2.54. The third-order valence-electron chi connectivity index (χ3n) is 7.47. The zero-order chi connectivity index (χ0) is 26.6. The van der Waals surface area contributed by atoms with E-state index in [-0.39, 0.29) is 43.8 Å². The fraction of sp³-hybridized carbons (Fsp3) is 0.231. The predicted molar refractivity (Wildman–Crippen MR) is 128 cm³/mol. The number of H-pyrrole nitrogens is 1. The van der Waals surface area contributed by atoms with Crippen LogP contribution in [0.4, 0.5) is 13.2 Å². The number of alkyl halides is 1. The van der Waals surface area contributed by atoms with E-state index in [1.807, 2.05) is 0 Å². The van der Waals surface area contributed by atoms with Crippen molar-refractivity contribution in [3.8, 4) is 0 Å². The van der Waals surface area contributed by atoms with Crippen molar-refractivity contribution >= 4 is 55.4 Å². The first-order valence-electron chi connectivity index (χ1n) is 11.7. The molecule has 2 aliphatic rings. The lowest BCUT2D eigenvalue weighted by molar-refractivity contribution is -0.233. The average molecular weight is 525 g/mol. The molecular formula is C26H18F3N3O6. The van der Waals surface area contributed by atoms with Crippen molar-refractivity contribution < 1.29 is 42.8 Å². The van der Waals surface area contributed by atoms with E-state index in [0.717, 1.165) is 12.1 Å². The lowest BCUT2D eigenvalue weighted by Gasteiger charge is -2.40. The summed E-state index contributed by atoms with van der Waals surface area (Å²) in [6, 6.07) is 7.50. The molecule has 1 saturated heterocycles. The van der Waals surface area contributed by atoms with Crippen molar-refractivity contribution in [1.29, 1.82) is 0 Å². The van der Waals surface area contributed by atoms with Gasteiger partial charge in [0.2, 0.25) is 0 Å². The number of rotatable bonds is 2. The molecule has 5 N–H and O–H groups in total. The molecule has 5 aromatic rings. The Morgan fingerprint density at radius 1 is 0.921 bits per heavy atom. The van der Waals surface area contributed by atoms with Gasteiger partial charge in [-0.25, -0.2) is 13.2 Å². The zero-order valence-corrected chi connectivity index (χ0v) is 19.2. The van der Waals surface area contributed by atoms with Crippen molar-refractivity contribution in [1.82, 2.24) is 14.9 Å². The molecule has 2 amide bonds. The largest absolute Gasteiger partial charge is 0.394 e. The van der Waals surface area contributed by atoms with Gasteiger partial charge in [0.25, 0.3) is 11.8 Å². The summed E-state index contributed by atoms with van der Waals surface area (Å²) in [6.07, 6.45) is -8.87. The van der Waals surface area contributed by atoms with E-state index in [2.05, 4.69) is 10.3 Å². The van der Waals surface area contributed by atoms with E-state index in [1.54, 1.807) is 0 Å². The first-order valence-corrected chi connectivity index (χ1v) is 11.7. The molecule has 2 aliphatic heterocycles. The minimum absolute atomic E-state index is 0.0279. The van der Waals surface area contributed by atoms with Crippen LogP contribution in [-0.4, -0.2) is 67.8 Å². The van der Waals surface area contributed by atoms with Gasteiger partial charge >= 0.3 is 0 Å². The Morgan fingerprint density at radius 3 is 2.29 bits per heavy atom. The Labute approximate surface area is 210 Å². The Morgan fingerprint density at radius 2 is 1.58 bits per heavy atom. The number of carbonyl (C=O) groups is 2. The highest BCUT2D eigenvalue weighted by molar-refractivity contribution is 6.39. The number of benzene rings is 3. The third-order valence-corrected chi connectivity index (χ3v) is 7.47. The lowest BCUT2D eigenvalue weighted by atomic mass is 9.96. The van der Waals surface area contributed by atoms with Crippen LogP contribution in [0.2, 0.25) is 0 Å². The maximum atomic E-state index is 14.6. The fourth-order valence-electron chi connectivity index (χ4n) is 5.85. The number of hydrogen-bond donors (Lipinski definition) is 5. The van der Waals surface area contributed by atoms with Gasteiger partial charge in [-0.3, -0.25) is 14.9 Å². The van der Waals surface area contributed by atoms with Crippen LogP contribution in [0.5, 0.6) is 0 Å². The Kier molecular flexibility index (Phi) is 4.74. The summed E-state index contributed by atoms with van der Waals surface area (Å²) in [6.45, 7) is -0.805. The normalized spacial score (nSPS) is 25.7. The number of aliphatic hydroxyl groups is 3. The molecule has 0 radical (unpaired) electrons. The van der Waals surface area contributed by atoms with Crippen LogP contribution in [-0.2, 0) is 4.74 Å². The first-order chi connectivity index (χ1) is 18.2. The number of imide groups is 1. The van der Waals surface area contributed by atoms with Gasteiger partial charge in [-0.2, -0.15) is 0 Å². The highest BCUT2D eigenvalue weighted by atomic mass is 19.1. The van der Waals surface area contributed by atoms with Crippen LogP contribution in [0.1, 0.15) is 26.9 Å². The number of nitrogens with zero attached hydrogens (tertiary/aromatic N) is 1. The molecule has 0 spiro atoms. The average Bonchev–Trinajstić information content (AvgIpc) is 3.51. The molecule has 9 nitrogen and oxygen atoms in total. The molecule has 2 aromatic heterocycles. The molecule has 194 valence electrons. The molecule has 12 heteroatoms. The van der Waals surface area contributed by atoms with Crippen molar-refractivity contribution in [3.63, 3.8) is 0 Å². The van der Waals surface area contributed by atoms with Gasteiger partial charge in [0.05, 0.1) is 34.3 Å². The third kappa shape index (κ3) is 2.85. The van der Waals surface area contributed by atoms with Gasteiger partial charge in [0.15, 0.2) is 12.4 Å². The van der Waals surface area contributed by atoms with Crippen molar-refractivity contribution in [2.45, 2.75) is 30.7 Å². The van der Waals surface area contributed by atoms with E-state index < -0.39 is 60.8 Å². The van der Waals surface area contributed by atoms with Gasteiger partial charge in [-0.1, -0.05) is 0 Å². The van der Waals surface area contributed by atoms with E-state index in [9.17, 15) is 38.1 Å². The number of amides is 2. The number of hydrogen-bond acceptors (Lipinski definition) is 6. The van der Waals surface area contributed by atoms with Crippen LogP contribution in [0.25, 0.3) is 43.6 Å². The molecule has 38 heavy (non-hydrogen) atoms. The van der Waals surface area contributed by atoms with Gasteiger partial charge in [-0.05, 0) is 36.4 Å². The van der Waals surface area contributed by atoms with Gasteiger partial charge in [0, 0.05) is 27.1 Å². The molecule has 0 saturated carbocycles. The summed E-state index contributed by atoms with van der Waals surface area (Å²) in [5.74, 6) is -2.72. The van der Waals surface area contributed by atoms with Crippen LogP contribution in [0.3, 0.4) is 0 Å². The summed E-state index contributed by atoms with van der Waals surface area (Å²) in [7, 11) is 0. The molecule has 0 aliphatic carbocycles. The van der Waals surface area contributed by atoms with Gasteiger partial charge in [0.1, 0.15) is 29.9 Å². The number of fused-ring (bicyclic) bond motifs is 10. The van der Waals surface area contributed by atoms with Crippen molar-refractivity contribution in [2.24, 2.45) is 0 Å². The topological polar surface area (TPSA) is 137 Å². The number of carbonyl (C=O) groups excluding carboxylic acids is 2. The maximum Gasteiger partial charge on any atom is 0.259 e. The monoisotopic (exact) mass is 525 g/mol. The van der Waals surface area contributed by atoms with Crippen molar-refractivity contribution in [2.75, 3.05) is 6.61 Å². The van der Waals surface area contributed by atoms with Crippen LogP contribution in [0, 0.1) is 11.6 Å². The molecule has 3 aromatic carbocycles. The second kappa shape index (κ2) is 7.77. The van der Waals surface area contributed by atoms with Gasteiger partial charge < -0.3 is 29.6 Å². The smallest absolute Gasteiger partial charge is 0.259 e. The van der Waals surface area contributed by atoms with Crippen LogP contribution < -0.4 is 5.32 Å². The highest BCUT2D eigenvalue weighted by Crippen LogP contribution is 2.46. The molecule has 7 rings (SSSR count). The number of aromatic amines is 1. The maximum absolute atomic E-state index is 14.6. The Hall–Kier alpha value is -3.97. The van der Waals surface area contributed by atoms with Crippen LogP contribution >= 0.6 is 0 Å².